The van der Waals surface area contributed by atoms with Crippen molar-refractivity contribution in [1.82, 2.24) is 10.3 Å². The van der Waals surface area contributed by atoms with Gasteiger partial charge in [-0.2, -0.15) is 0 Å². The molecule has 1 saturated heterocycles. The Hall–Kier alpha value is -1.09. The smallest absolute Gasteiger partial charge is 0.0598 e. The second kappa shape index (κ2) is 7.63. The Labute approximate surface area is 123 Å². The monoisotopic (exact) mass is 275 g/mol. The normalized spacial score (nSPS) is 16.9. The summed E-state index contributed by atoms with van der Waals surface area (Å²) in [7, 11) is 0. The van der Waals surface area contributed by atoms with Gasteiger partial charge in [0.05, 0.1) is 11.9 Å². The first-order chi connectivity index (χ1) is 9.72. The second-order valence-electron chi connectivity index (χ2n) is 6.25. The van der Waals surface area contributed by atoms with Crippen molar-refractivity contribution < 1.29 is 0 Å². The van der Waals surface area contributed by atoms with Crippen LogP contribution >= 0.6 is 0 Å². The zero-order chi connectivity index (χ0) is 14.4. The lowest BCUT2D eigenvalue weighted by Gasteiger charge is -2.36. The van der Waals surface area contributed by atoms with Gasteiger partial charge in [-0.25, -0.2) is 0 Å². The van der Waals surface area contributed by atoms with Crippen LogP contribution in [0.4, 0.5) is 5.69 Å². The average Bonchev–Trinajstić information content (AvgIpc) is 2.48. The molecule has 0 amide bonds. The summed E-state index contributed by atoms with van der Waals surface area (Å²) in [6.45, 7) is 11.3. The van der Waals surface area contributed by atoms with E-state index < -0.39 is 0 Å². The van der Waals surface area contributed by atoms with Crippen LogP contribution in [0.15, 0.2) is 18.5 Å². The van der Waals surface area contributed by atoms with Crippen LogP contribution in [0.25, 0.3) is 0 Å². The molecule has 0 saturated carbocycles. The number of hydrogen-bond donors (Lipinski definition) is 1. The Morgan fingerprint density at radius 3 is 2.75 bits per heavy atom. The van der Waals surface area contributed by atoms with Gasteiger partial charge in [-0.05, 0) is 49.3 Å². The van der Waals surface area contributed by atoms with Crippen LogP contribution in [-0.2, 0) is 6.54 Å². The predicted molar refractivity (Wildman–Crippen MR) is 86.0 cm³/mol. The highest BCUT2D eigenvalue weighted by Crippen LogP contribution is 2.29. The van der Waals surface area contributed by atoms with Crippen molar-refractivity contribution >= 4 is 5.69 Å². The van der Waals surface area contributed by atoms with E-state index in [1.165, 1.54) is 43.6 Å². The maximum atomic E-state index is 4.33. The van der Waals surface area contributed by atoms with Crippen molar-refractivity contribution in [1.29, 1.82) is 0 Å². The number of hydrogen-bond acceptors (Lipinski definition) is 3. The van der Waals surface area contributed by atoms with Crippen LogP contribution in [-0.4, -0.2) is 24.6 Å². The summed E-state index contributed by atoms with van der Waals surface area (Å²) >= 11 is 0. The first-order valence-corrected chi connectivity index (χ1v) is 8.11. The number of aromatic nitrogens is 1. The Morgan fingerprint density at radius 2 is 2.10 bits per heavy atom. The van der Waals surface area contributed by atoms with Gasteiger partial charge in [-0.3, -0.25) is 4.98 Å². The summed E-state index contributed by atoms with van der Waals surface area (Å²) in [6.07, 6.45) is 7.76. The van der Waals surface area contributed by atoms with Gasteiger partial charge in [0.25, 0.3) is 0 Å². The van der Waals surface area contributed by atoms with Crippen molar-refractivity contribution in [2.45, 2.75) is 46.6 Å². The molecular weight excluding hydrogens is 246 g/mol. The van der Waals surface area contributed by atoms with Gasteiger partial charge in [0.2, 0.25) is 0 Å². The molecule has 3 nitrogen and oxygen atoms in total. The Kier molecular flexibility index (Phi) is 5.84. The van der Waals surface area contributed by atoms with Crippen LogP contribution in [0.5, 0.6) is 0 Å². The minimum atomic E-state index is 0.816. The third-order valence-corrected chi connectivity index (χ3v) is 4.45. The molecule has 0 radical (unpaired) electrons. The molecule has 0 atom stereocenters. The third kappa shape index (κ3) is 3.95. The van der Waals surface area contributed by atoms with E-state index in [-0.39, 0.29) is 0 Å². The largest absolute Gasteiger partial charge is 0.370 e. The van der Waals surface area contributed by atoms with Gasteiger partial charge in [0.1, 0.15) is 0 Å². The number of nitrogens with one attached hydrogen (secondary N) is 1. The maximum Gasteiger partial charge on any atom is 0.0598 e. The molecule has 1 aromatic heterocycles. The summed E-state index contributed by atoms with van der Waals surface area (Å²) in [4.78, 5) is 6.86. The fourth-order valence-corrected chi connectivity index (χ4v) is 3.06. The summed E-state index contributed by atoms with van der Waals surface area (Å²) in [5, 5.41) is 3.50. The lowest BCUT2D eigenvalue weighted by molar-refractivity contribution is 0.311. The molecule has 0 aliphatic carbocycles. The van der Waals surface area contributed by atoms with Crippen LogP contribution in [0.2, 0.25) is 0 Å². The zero-order valence-electron chi connectivity index (χ0n) is 13.2. The van der Waals surface area contributed by atoms with E-state index in [0.29, 0.717) is 0 Å². The van der Waals surface area contributed by atoms with E-state index in [2.05, 4.69) is 42.0 Å². The highest BCUT2D eigenvalue weighted by atomic mass is 15.1. The number of nitrogens with zero attached hydrogens (tertiary/aromatic N) is 2. The first-order valence-electron chi connectivity index (χ1n) is 8.11. The minimum Gasteiger partial charge on any atom is -0.370 e. The highest BCUT2D eigenvalue weighted by molar-refractivity contribution is 5.52. The lowest BCUT2D eigenvalue weighted by atomic mass is 9.86. The van der Waals surface area contributed by atoms with Crippen LogP contribution in [0.3, 0.4) is 0 Å². The van der Waals surface area contributed by atoms with Gasteiger partial charge < -0.3 is 10.2 Å². The van der Waals surface area contributed by atoms with Gasteiger partial charge in [-0.15, -0.1) is 0 Å². The molecular formula is C17H29N3. The van der Waals surface area contributed by atoms with Gasteiger partial charge in [0, 0.05) is 25.8 Å². The van der Waals surface area contributed by atoms with Crippen molar-refractivity contribution in [3.8, 4) is 0 Å². The molecule has 1 aromatic rings. The molecule has 0 aromatic carbocycles. The van der Waals surface area contributed by atoms with E-state index in [0.717, 1.165) is 24.9 Å². The highest BCUT2D eigenvalue weighted by Gasteiger charge is 2.22. The summed E-state index contributed by atoms with van der Waals surface area (Å²) in [6, 6.07) is 2.16. The number of rotatable bonds is 6. The molecule has 2 rings (SSSR count). The van der Waals surface area contributed by atoms with E-state index in [9.17, 15) is 0 Å². The zero-order valence-corrected chi connectivity index (χ0v) is 13.2. The standard InChI is InChI=1S/C17H29N3/c1-4-8-18-12-16-5-9-19-13-17(16)20-10-6-15(7-11-20)14(2)3/h5,9,13-15,18H,4,6-8,10-12H2,1-3H3. The molecule has 1 aliphatic heterocycles. The Bertz CT molecular complexity index is 395. The van der Waals surface area contributed by atoms with E-state index in [4.69, 9.17) is 0 Å². The number of piperidine rings is 1. The number of anilines is 1. The summed E-state index contributed by atoms with van der Waals surface area (Å²) < 4.78 is 0. The fraction of sp³-hybridized carbons (Fsp3) is 0.706. The van der Waals surface area contributed by atoms with Crippen LogP contribution < -0.4 is 10.2 Å². The molecule has 0 bridgehead atoms. The van der Waals surface area contributed by atoms with E-state index in [1.54, 1.807) is 0 Å². The van der Waals surface area contributed by atoms with Crippen molar-refractivity contribution in [2.24, 2.45) is 11.8 Å². The predicted octanol–water partition coefficient (Wildman–Crippen LogP) is 3.45. The van der Waals surface area contributed by atoms with Crippen molar-refractivity contribution in [2.75, 3.05) is 24.5 Å². The van der Waals surface area contributed by atoms with Gasteiger partial charge in [0.15, 0.2) is 0 Å². The average molecular weight is 275 g/mol. The topological polar surface area (TPSA) is 28.2 Å². The first kappa shape index (κ1) is 15.3. The molecule has 0 spiro atoms. The molecule has 20 heavy (non-hydrogen) atoms. The Balaban J connectivity index is 1.98. The third-order valence-electron chi connectivity index (χ3n) is 4.45. The quantitative estimate of drug-likeness (QED) is 0.806. The molecule has 3 heteroatoms. The molecule has 1 N–H and O–H groups in total. The van der Waals surface area contributed by atoms with Gasteiger partial charge in [-0.1, -0.05) is 20.8 Å². The molecule has 0 unspecified atom stereocenters. The van der Waals surface area contributed by atoms with Crippen LogP contribution in [0.1, 0.15) is 45.6 Å². The van der Waals surface area contributed by atoms with Crippen molar-refractivity contribution in [3.63, 3.8) is 0 Å². The molecule has 112 valence electrons. The Morgan fingerprint density at radius 1 is 1.35 bits per heavy atom. The summed E-state index contributed by atoms with van der Waals surface area (Å²) in [5.74, 6) is 1.71. The lowest BCUT2D eigenvalue weighted by Crippen LogP contribution is -2.36. The molecule has 1 fully saturated rings. The van der Waals surface area contributed by atoms with E-state index >= 15 is 0 Å². The maximum absolute atomic E-state index is 4.33. The summed E-state index contributed by atoms with van der Waals surface area (Å²) in [5.41, 5.74) is 2.72. The second-order valence-corrected chi connectivity index (χ2v) is 6.25. The number of pyridine rings is 1. The molecule has 2 heterocycles. The molecule has 1 aliphatic rings. The fourth-order valence-electron chi connectivity index (χ4n) is 3.06. The van der Waals surface area contributed by atoms with Crippen LogP contribution in [0, 0.1) is 11.8 Å². The van der Waals surface area contributed by atoms with E-state index in [1.807, 2.05) is 12.4 Å². The van der Waals surface area contributed by atoms with Crippen molar-refractivity contribution in [3.05, 3.63) is 24.0 Å². The SMILES string of the molecule is CCCNCc1ccncc1N1CCC(C(C)C)CC1. The van der Waals surface area contributed by atoms with Gasteiger partial charge >= 0.3 is 0 Å². The minimum absolute atomic E-state index is 0.816.